The van der Waals surface area contributed by atoms with Crippen LogP contribution in [0.3, 0.4) is 0 Å². The van der Waals surface area contributed by atoms with Gasteiger partial charge in [-0.25, -0.2) is 4.98 Å². The Morgan fingerprint density at radius 3 is 2.67 bits per heavy atom. The smallest absolute Gasteiger partial charge is 0.238 e. The molecule has 0 amide bonds. The second-order valence-corrected chi connectivity index (χ2v) is 6.68. The Morgan fingerprint density at radius 1 is 1.19 bits per heavy atom. The van der Waals surface area contributed by atoms with E-state index in [4.69, 9.17) is 10.5 Å². The lowest BCUT2D eigenvalue weighted by Crippen LogP contribution is -2.07. The molecule has 0 saturated carbocycles. The van der Waals surface area contributed by atoms with Crippen LogP contribution in [0.1, 0.15) is 25.0 Å². The molecule has 0 spiro atoms. The van der Waals surface area contributed by atoms with Crippen molar-refractivity contribution in [2.75, 3.05) is 12.3 Å². The van der Waals surface area contributed by atoms with Gasteiger partial charge < -0.3 is 10.5 Å². The molecule has 1 aromatic carbocycles. The molecule has 0 fully saturated rings. The molecule has 0 aliphatic heterocycles. The lowest BCUT2D eigenvalue weighted by molar-refractivity contribution is 0.261. The van der Waals surface area contributed by atoms with E-state index in [1.54, 1.807) is 11.8 Å². The van der Waals surface area contributed by atoms with Crippen molar-refractivity contribution >= 4 is 17.4 Å². The minimum atomic E-state index is 0.446. The van der Waals surface area contributed by atoms with Gasteiger partial charge in [-0.1, -0.05) is 37.7 Å². The van der Waals surface area contributed by atoms with Crippen LogP contribution in [0.2, 0.25) is 0 Å². The maximum atomic E-state index is 5.93. The van der Waals surface area contributed by atoms with E-state index in [0.717, 1.165) is 5.03 Å². The predicted octanol–water partition coefficient (Wildman–Crippen LogP) is 4.47. The molecule has 0 aliphatic rings. The zero-order chi connectivity index (χ0) is 15.4. The molecule has 1 aromatic heterocycles. The molecule has 0 bridgehead atoms. The third-order valence-electron chi connectivity index (χ3n) is 2.98. The summed E-state index contributed by atoms with van der Waals surface area (Å²) in [6.07, 6.45) is 0. The lowest BCUT2D eigenvalue weighted by Gasteiger charge is -2.12. The molecule has 3 nitrogen and oxygen atoms in total. The van der Waals surface area contributed by atoms with E-state index in [-0.39, 0.29) is 0 Å². The number of pyridine rings is 1. The van der Waals surface area contributed by atoms with Crippen molar-refractivity contribution in [3.8, 4) is 5.88 Å². The molecule has 2 N–H and O–H groups in total. The van der Waals surface area contributed by atoms with Crippen LogP contribution in [-0.4, -0.2) is 11.6 Å². The number of nitrogens with zero attached hydrogens (tertiary/aromatic N) is 1. The SMILES string of the molecule is Cc1ccc(C)c(Sc2ccc(N)c(OCC(C)C)n2)c1. The van der Waals surface area contributed by atoms with E-state index in [9.17, 15) is 0 Å². The highest BCUT2D eigenvalue weighted by atomic mass is 32.2. The fraction of sp³-hybridized carbons (Fsp3) is 0.353. The van der Waals surface area contributed by atoms with E-state index in [1.807, 2.05) is 12.1 Å². The number of benzene rings is 1. The fourth-order valence-corrected chi connectivity index (χ4v) is 2.75. The van der Waals surface area contributed by atoms with Gasteiger partial charge in [-0.15, -0.1) is 0 Å². The number of nitrogens with two attached hydrogens (primary N) is 1. The van der Waals surface area contributed by atoms with Gasteiger partial charge in [-0.2, -0.15) is 0 Å². The standard InChI is InChI=1S/C17H22N2OS/c1-11(2)10-20-17-14(18)7-8-16(19-17)21-15-9-12(3)5-6-13(15)4/h5-9,11H,10,18H2,1-4H3. The van der Waals surface area contributed by atoms with E-state index < -0.39 is 0 Å². The molecule has 2 rings (SSSR count). The van der Waals surface area contributed by atoms with E-state index in [1.165, 1.54) is 16.0 Å². The van der Waals surface area contributed by atoms with Crippen molar-refractivity contribution in [1.29, 1.82) is 0 Å². The van der Waals surface area contributed by atoms with Crippen molar-refractivity contribution in [3.05, 3.63) is 41.5 Å². The topological polar surface area (TPSA) is 48.1 Å². The summed E-state index contributed by atoms with van der Waals surface area (Å²) in [5, 5.41) is 0.900. The Kier molecular flexibility index (Phi) is 5.12. The first-order valence-corrected chi connectivity index (χ1v) is 7.92. The maximum Gasteiger partial charge on any atom is 0.238 e. The van der Waals surface area contributed by atoms with E-state index in [2.05, 4.69) is 50.9 Å². The summed E-state index contributed by atoms with van der Waals surface area (Å²) in [6.45, 7) is 9.02. The molecule has 0 aliphatic carbocycles. The van der Waals surface area contributed by atoms with Crippen LogP contribution in [-0.2, 0) is 0 Å². The lowest BCUT2D eigenvalue weighted by atomic mass is 10.2. The molecular weight excluding hydrogens is 280 g/mol. The van der Waals surface area contributed by atoms with Crippen LogP contribution < -0.4 is 10.5 Å². The van der Waals surface area contributed by atoms with Gasteiger partial charge in [0.25, 0.3) is 0 Å². The molecule has 21 heavy (non-hydrogen) atoms. The van der Waals surface area contributed by atoms with Gasteiger partial charge in [0, 0.05) is 4.90 Å². The van der Waals surface area contributed by atoms with E-state index in [0.29, 0.717) is 24.1 Å². The predicted molar refractivity (Wildman–Crippen MR) is 89.0 cm³/mol. The highest BCUT2D eigenvalue weighted by Gasteiger charge is 2.08. The van der Waals surface area contributed by atoms with Crippen LogP contribution in [0.25, 0.3) is 0 Å². The second-order valence-electron chi connectivity index (χ2n) is 5.62. The number of aromatic nitrogens is 1. The zero-order valence-corrected chi connectivity index (χ0v) is 13.8. The average Bonchev–Trinajstić information content (AvgIpc) is 2.43. The van der Waals surface area contributed by atoms with Gasteiger partial charge in [0.05, 0.1) is 12.3 Å². The summed E-state index contributed by atoms with van der Waals surface area (Å²) in [4.78, 5) is 5.74. The summed E-state index contributed by atoms with van der Waals surface area (Å²) < 4.78 is 5.68. The average molecular weight is 302 g/mol. The molecule has 0 saturated heterocycles. The Hall–Kier alpha value is -1.68. The van der Waals surface area contributed by atoms with Crippen molar-refractivity contribution in [1.82, 2.24) is 4.98 Å². The van der Waals surface area contributed by atoms with Gasteiger partial charge in [-0.3, -0.25) is 0 Å². The normalized spacial score (nSPS) is 10.9. The first-order valence-electron chi connectivity index (χ1n) is 7.10. The minimum Gasteiger partial charge on any atom is -0.476 e. The minimum absolute atomic E-state index is 0.446. The van der Waals surface area contributed by atoms with Gasteiger partial charge in [0.2, 0.25) is 5.88 Å². The first-order chi connectivity index (χ1) is 9.95. The molecule has 0 unspecified atom stereocenters. The van der Waals surface area contributed by atoms with Gasteiger partial charge in [0.1, 0.15) is 5.03 Å². The highest BCUT2D eigenvalue weighted by molar-refractivity contribution is 7.99. The molecule has 112 valence electrons. The molecule has 0 atom stereocenters. The summed E-state index contributed by atoms with van der Waals surface area (Å²) in [5.74, 6) is 0.973. The van der Waals surface area contributed by atoms with Gasteiger partial charge in [0.15, 0.2) is 0 Å². The van der Waals surface area contributed by atoms with Crippen LogP contribution in [0.4, 0.5) is 5.69 Å². The Morgan fingerprint density at radius 2 is 1.95 bits per heavy atom. The van der Waals surface area contributed by atoms with Crippen molar-refractivity contribution in [3.63, 3.8) is 0 Å². The van der Waals surface area contributed by atoms with Crippen molar-refractivity contribution in [2.45, 2.75) is 37.6 Å². The molecule has 0 radical (unpaired) electrons. The van der Waals surface area contributed by atoms with Crippen LogP contribution in [0.15, 0.2) is 40.3 Å². The molecular formula is C17H22N2OS. The zero-order valence-electron chi connectivity index (χ0n) is 13.0. The fourth-order valence-electron chi connectivity index (χ4n) is 1.78. The van der Waals surface area contributed by atoms with Gasteiger partial charge >= 0.3 is 0 Å². The number of ether oxygens (including phenoxy) is 1. The number of anilines is 1. The quantitative estimate of drug-likeness (QED) is 0.885. The van der Waals surface area contributed by atoms with Crippen LogP contribution in [0, 0.1) is 19.8 Å². The van der Waals surface area contributed by atoms with Crippen molar-refractivity contribution < 1.29 is 4.74 Å². The Bertz CT molecular complexity index is 626. The third-order valence-corrected chi connectivity index (χ3v) is 4.07. The van der Waals surface area contributed by atoms with Crippen molar-refractivity contribution in [2.24, 2.45) is 5.92 Å². The number of hydrogen-bond acceptors (Lipinski definition) is 4. The molecule has 1 heterocycles. The Labute approximate surface area is 130 Å². The summed E-state index contributed by atoms with van der Waals surface area (Å²) in [5.41, 5.74) is 9.00. The number of nitrogen functional groups attached to an aromatic ring is 1. The van der Waals surface area contributed by atoms with E-state index >= 15 is 0 Å². The summed E-state index contributed by atoms with van der Waals surface area (Å²) in [6, 6.07) is 10.2. The van der Waals surface area contributed by atoms with Gasteiger partial charge in [-0.05, 0) is 49.1 Å². The first kappa shape index (κ1) is 15.7. The monoisotopic (exact) mass is 302 g/mol. The van der Waals surface area contributed by atoms with Crippen LogP contribution in [0.5, 0.6) is 5.88 Å². The number of rotatable bonds is 5. The molecule has 2 aromatic rings. The summed E-state index contributed by atoms with van der Waals surface area (Å²) in [7, 11) is 0. The third kappa shape index (κ3) is 4.39. The number of aryl methyl sites for hydroxylation is 2. The largest absolute Gasteiger partial charge is 0.476 e. The highest BCUT2D eigenvalue weighted by Crippen LogP contribution is 2.32. The maximum absolute atomic E-state index is 5.93. The second kappa shape index (κ2) is 6.85. The number of hydrogen-bond donors (Lipinski definition) is 1. The molecule has 4 heteroatoms. The van der Waals surface area contributed by atoms with Crippen LogP contribution >= 0.6 is 11.8 Å². The Balaban J connectivity index is 2.20. The summed E-state index contributed by atoms with van der Waals surface area (Å²) >= 11 is 1.64.